The number of carbonyl (C=O) groups excluding carboxylic acids is 1. The summed E-state index contributed by atoms with van der Waals surface area (Å²) < 4.78 is 11.3. The van der Waals surface area contributed by atoms with E-state index < -0.39 is 0 Å². The van der Waals surface area contributed by atoms with E-state index >= 15 is 0 Å². The van der Waals surface area contributed by atoms with Crippen LogP contribution in [-0.2, 0) is 6.42 Å². The number of fused-ring (bicyclic) bond motifs is 2. The van der Waals surface area contributed by atoms with Crippen molar-refractivity contribution in [3.8, 4) is 11.5 Å². The Bertz CT molecular complexity index is 1300. The van der Waals surface area contributed by atoms with Gasteiger partial charge in [0.1, 0.15) is 13.2 Å². The van der Waals surface area contributed by atoms with Gasteiger partial charge in [0, 0.05) is 41.0 Å². The Hall–Kier alpha value is -4.26. The third kappa shape index (κ3) is 4.82. The number of guanidine groups is 1. The van der Waals surface area contributed by atoms with Crippen LogP contribution in [0.1, 0.15) is 15.9 Å². The normalized spacial score (nSPS) is 13.0. The zero-order chi connectivity index (χ0) is 22.5. The molecule has 0 bridgehead atoms. The Kier molecular flexibility index (Phi) is 5.93. The molecule has 0 aliphatic carbocycles. The quantitative estimate of drug-likeness (QED) is 0.317. The molecule has 1 aliphatic rings. The highest BCUT2D eigenvalue weighted by Gasteiger charge is 2.14. The summed E-state index contributed by atoms with van der Waals surface area (Å²) in [7, 11) is 0. The number of ether oxygens (including phenoxy) is 2. The van der Waals surface area contributed by atoms with Crippen molar-refractivity contribution in [1.82, 2.24) is 10.3 Å². The maximum Gasteiger partial charge on any atom is 0.257 e. The summed E-state index contributed by atoms with van der Waals surface area (Å²) >= 11 is 0. The average Bonchev–Trinajstić information content (AvgIpc) is 3.27. The van der Waals surface area contributed by atoms with E-state index in [-0.39, 0.29) is 5.91 Å². The van der Waals surface area contributed by atoms with Crippen LogP contribution < -0.4 is 20.1 Å². The van der Waals surface area contributed by atoms with Gasteiger partial charge in [-0.3, -0.25) is 15.1 Å². The van der Waals surface area contributed by atoms with Gasteiger partial charge in [-0.2, -0.15) is 0 Å². The van der Waals surface area contributed by atoms with Crippen LogP contribution in [0.5, 0.6) is 11.5 Å². The van der Waals surface area contributed by atoms with E-state index in [9.17, 15) is 4.79 Å². The number of nitrogens with zero attached hydrogens (tertiary/aromatic N) is 1. The molecule has 33 heavy (non-hydrogen) atoms. The fourth-order valence-corrected chi connectivity index (χ4v) is 3.76. The highest BCUT2D eigenvalue weighted by atomic mass is 16.6. The monoisotopic (exact) mass is 440 g/mol. The molecule has 7 heteroatoms. The molecular weight excluding hydrogens is 416 g/mol. The molecule has 7 nitrogen and oxygen atoms in total. The smallest absolute Gasteiger partial charge is 0.257 e. The van der Waals surface area contributed by atoms with Crippen LogP contribution in [0.25, 0.3) is 10.9 Å². The number of para-hydroxylation sites is 1. The molecule has 0 saturated carbocycles. The Morgan fingerprint density at radius 2 is 1.73 bits per heavy atom. The number of H-pyrrole nitrogens is 1. The van der Waals surface area contributed by atoms with Gasteiger partial charge in [-0.05, 0) is 42.3 Å². The molecule has 0 fully saturated rings. The molecule has 1 aliphatic heterocycles. The molecule has 1 amide bonds. The highest BCUT2D eigenvalue weighted by molar-refractivity contribution is 6.10. The highest BCUT2D eigenvalue weighted by Crippen LogP contribution is 2.32. The average molecular weight is 441 g/mol. The fraction of sp³-hybridized carbons (Fsp3) is 0.154. The van der Waals surface area contributed by atoms with Crippen LogP contribution in [0.2, 0.25) is 0 Å². The van der Waals surface area contributed by atoms with Crippen molar-refractivity contribution in [2.45, 2.75) is 6.42 Å². The van der Waals surface area contributed by atoms with E-state index in [1.807, 2.05) is 54.7 Å². The molecule has 0 spiro atoms. The number of hydrogen-bond acceptors (Lipinski definition) is 4. The third-order valence-electron chi connectivity index (χ3n) is 5.40. The van der Waals surface area contributed by atoms with E-state index in [2.05, 4.69) is 32.7 Å². The van der Waals surface area contributed by atoms with Crippen molar-refractivity contribution in [1.29, 1.82) is 0 Å². The number of amides is 1. The van der Waals surface area contributed by atoms with Crippen LogP contribution in [0.3, 0.4) is 0 Å². The lowest BCUT2D eigenvalue weighted by Crippen LogP contribution is -2.36. The van der Waals surface area contributed by atoms with Crippen molar-refractivity contribution in [3.63, 3.8) is 0 Å². The number of carbonyl (C=O) groups is 1. The summed E-state index contributed by atoms with van der Waals surface area (Å²) in [6.45, 7) is 1.55. The fourth-order valence-electron chi connectivity index (χ4n) is 3.76. The van der Waals surface area contributed by atoms with E-state index in [0.717, 1.165) is 17.6 Å². The van der Waals surface area contributed by atoms with Crippen molar-refractivity contribution < 1.29 is 14.3 Å². The predicted octanol–water partition coefficient (Wildman–Crippen LogP) is 4.38. The van der Waals surface area contributed by atoms with Gasteiger partial charge in [0.15, 0.2) is 11.5 Å². The van der Waals surface area contributed by atoms with Gasteiger partial charge in [-0.15, -0.1) is 0 Å². The molecule has 2 heterocycles. The predicted molar refractivity (Wildman–Crippen MR) is 129 cm³/mol. The molecule has 4 aromatic rings. The summed E-state index contributed by atoms with van der Waals surface area (Å²) in [5.74, 6) is 1.52. The summed E-state index contributed by atoms with van der Waals surface area (Å²) in [5.41, 5.74) is 3.59. The second-order valence-corrected chi connectivity index (χ2v) is 7.64. The van der Waals surface area contributed by atoms with Gasteiger partial charge in [0.05, 0.1) is 0 Å². The topological polar surface area (TPSA) is 87.7 Å². The Labute approximate surface area is 191 Å². The van der Waals surface area contributed by atoms with Crippen LogP contribution in [0.4, 0.5) is 5.69 Å². The summed E-state index contributed by atoms with van der Waals surface area (Å²) in [4.78, 5) is 20.7. The van der Waals surface area contributed by atoms with Crippen molar-refractivity contribution in [2.24, 2.45) is 4.99 Å². The number of benzene rings is 3. The molecule has 0 unspecified atom stereocenters. The molecule has 1 aromatic heterocycles. The zero-order valence-electron chi connectivity index (χ0n) is 18.0. The first kappa shape index (κ1) is 20.6. The third-order valence-corrected chi connectivity index (χ3v) is 5.40. The van der Waals surface area contributed by atoms with Gasteiger partial charge >= 0.3 is 0 Å². The number of anilines is 1. The minimum absolute atomic E-state index is 0.230. The largest absolute Gasteiger partial charge is 0.486 e. The molecule has 5 rings (SSSR count). The van der Waals surface area contributed by atoms with Crippen molar-refractivity contribution in [3.05, 3.63) is 90.1 Å². The number of rotatable bonds is 5. The molecule has 3 N–H and O–H groups in total. The summed E-state index contributed by atoms with van der Waals surface area (Å²) in [6.07, 6.45) is 2.74. The van der Waals surface area contributed by atoms with Crippen LogP contribution >= 0.6 is 0 Å². The number of nitrogens with one attached hydrogen (secondary N) is 3. The maximum absolute atomic E-state index is 12.8. The molecule has 166 valence electrons. The molecule has 3 aromatic carbocycles. The van der Waals surface area contributed by atoms with Gasteiger partial charge < -0.3 is 19.8 Å². The lowest BCUT2D eigenvalue weighted by molar-refractivity contribution is 0.0977. The summed E-state index contributed by atoms with van der Waals surface area (Å²) in [5, 5.41) is 7.30. The molecule has 0 radical (unpaired) electrons. The standard InChI is InChI=1S/C26H24N4O3/c31-25(18-6-2-1-3-7-18)30-26(29-20-10-11-23-24(16-20)33-15-14-32-23)27-13-12-19-17-28-22-9-5-4-8-21(19)22/h1-11,16-17,28H,12-15H2,(H2,27,29,30,31). The number of aromatic amines is 1. The number of hydrogen-bond donors (Lipinski definition) is 3. The second-order valence-electron chi connectivity index (χ2n) is 7.64. The van der Waals surface area contributed by atoms with Crippen LogP contribution in [0, 0.1) is 0 Å². The first-order valence-corrected chi connectivity index (χ1v) is 10.9. The van der Waals surface area contributed by atoms with E-state index in [0.29, 0.717) is 42.8 Å². The van der Waals surface area contributed by atoms with Crippen LogP contribution in [-0.4, -0.2) is 36.6 Å². The van der Waals surface area contributed by atoms with Crippen molar-refractivity contribution in [2.75, 3.05) is 25.1 Å². The SMILES string of the molecule is O=C(NC(=NCCc1c[nH]c2ccccc12)Nc1ccc2c(c1)OCCO2)c1ccccc1. The minimum Gasteiger partial charge on any atom is -0.486 e. The molecule has 0 atom stereocenters. The van der Waals surface area contributed by atoms with E-state index in [1.54, 1.807) is 12.1 Å². The van der Waals surface area contributed by atoms with E-state index in [4.69, 9.17) is 9.47 Å². The maximum atomic E-state index is 12.8. The number of aromatic nitrogens is 1. The van der Waals surface area contributed by atoms with Gasteiger partial charge in [0.25, 0.3) is 5.91 Å². The lowest BCUT2D eigenvalue weighted by atomic mass is 10.1. The Morgan fingerprint density at radius 1 is 0.939 bits per heavy atom. The Morgan fingerprint density at radius 3 is 2.61 bits per heavy atom. The minimum atomic E-state index is -0.230. The number of aliphatic imine (C=N–C) groups is 1. The van der Waals surface area contributed by atoms with Crippen molar-refractivity contribution >= 4 is 28.5 Å². The summed E-state index contributed by atoms with van der Waals surface area (Å²) in [6, 6.07) is 22.8. The van der Waals surface area contributed by atoms with Crippen LogP contribution in [0.15, 0.2) is 84.0 Å². The first-order chi connectivity index (χ1) is 16.3. The molecular formula is C26H24N4O3. The van der Waals surface area contributed by atoms with Gasteiger partial charge in [-0.1, -0.05) is 36.4 Å². The first-order valence-electron chi connectivity index (χ1n) is 10.9. The lowest BCUT2D eigenvalue weighted by Gasteiger charge is -2.19. The molecule has 0 saturated heterocycles. The van der Waals surface area contributed by atoms with Gasteiger partial charge in [-0.25, -0.2) is 0 Å². The second kappa shape index (κ2) is 9.48. The van der Waals surface area contributed by atoms with Gasteiger partial charge in [0.2, 0.25) is 5.96 Å². The Balaban J connectivity index is 1.35. The van der Waals surface area contributed by atoms with E-state index in [1.165, 1.54) is 10.9 Å². The zero-order valence-corrected chi connectivity index (χ0v) is 18.0.